The molecular weight excluding hydrogens is 504 g/mol. The standard InChI is InChI=1S/C30H36N8O2/c31-23-5-8-26-22(16-23)19-38(34-26)24-6-3-20(4-7-24)18-35-13-9-21(10-14-35)25-2-1-12-36-28(17-32-29(25)36)37-15-11-27(39)33-30(37)40/h1-2,5,8,12,16-17,19-21,24H,3-4,6-7,9-11,13-15,18,31H2,(H,33,39,40). The third-order valence-electron chi connectivity index (χ3n) is 9.16. The first-order valence-corrected chi connectivity index (χ1v) is 14.6. The molecule has 3 aromatic heterocycles. The van der Waals surface area contributed by atoms with E-state index >= 15 is 0 Å². The van der Waals surface area contributed by atoms with Gasteiger partial charge >= 0.3 is 6.03 Å². The van der Waals surface area contributed by atoms with E-state index in [0.29, 0.717) is 30.7 Å². The van der Waals surface area contributed by atoms with Crippen molar-refractivity contribution in [1.29, 1.82) is 0 Å². The summed E-state index contributed by atoms with van der Waals surface area (Å²) in [5.74, 6) is 1.68. The average molecular weight is 541 g/mol. The number of nitrogens with zero attached hydrogens (tertiary/aromatic N) is 6. The lowest BCUT2D eigenvalue weighted by atomic mass is 9.84. The van der Waals surface area contributed by atoms with E-state index < -0.39 is 0 Å². The van der Waals surface area contributed by atoms with Gasteiger partial charge in [0.25, 0.3) is 0 Å². The van der Waals surface area contributed by atoms with Crippen molar-refractivity contribution in [3.05, 3.63) is 54.5 Å². The summed E-state index contributed by atoms with van der Waals surface area (Å²) in [5.41, 5.74) is 9.92. The second kappa shape index (κ2) is 10.2. The number of hydrogen-bond acceptors (Lipinski definition) is 6. The number of urea groups is 1. The van der Waals surface area contributed by atoms with Crippen molar-refractivity contribution in [3.8, 4) is 0 Å². The number of amides is 3. The number of imidazole rings is 1. The number of piperidine rings is 1. The van der Waals surface area contributed by atoms with E-state index in [9.17, 15) is 9.59 Å². The minimum Gasteiger partial charge on any atom is -0.399 e. The molecule has 0 unspecified atom stereocenters. The molecule has 10 nitrogen and oxygen atoms in total. The van der Waals surface area contributed by atoms with Gasteiger partial charge in [-0.2, -0.15) is 5.10 Å². The zero-order valence-electron chi connectivity index (χ0n) is 22.7. The van der Waals surface area contributed by atoms with Crippen LogP contribution >= 0.6 is 0 Å². The van der Waals surface area contributed by atoms with Crippen LogP contribution in [0, 0.1) is 5.92 Å². The summed E-state index contributed by atoms with van der Waals surface area (Å²) >= 11 is 0. The second-order valence-electron chi connectivity index (χ2n) is 11.7. The van der Waals surface area contributed by atoms with Crippen LogP contribution in [-0.2, 0) is 4.79 Å². The molecule has 2 saturated heterocycles. The number of pyridine rings is 1. The first-order chi connectivity index (χ1) is 19.5. The maximum Gasteiger partial charge on any atom is 0.329 e. The van der Waals surface area contributed by atoms with Crippen LogP contribution in [-0.4, -0.2) is 62.2 Å². The summed E-state index contributed by atoms with van der Waals surface area (Å²) in [7, 11) is 0. The molecule has 4 aromatic rings. The molecule has 208 valence electrons. The Morgan fingerprint density at radius 2 is 1.82 bits per heavy atom. The summed E-state index contributed by atoms with van der Waals surface area (Å²) in [6.45, 7) is 3.75. The maximum absolute atomic E-state index is 12.4. The maximum atomic E-state index is 12.4. The highest BCUT2D eigenvalue weighted by molar-refractivity contribution is 6.05. The van der Waals surface area contributed by atoms with Gasteiger partial charge in [-0.1, -0.05) is 6.07 Å². The third kappa shape index (κ3) is 4.70. The minimum atomic E-state index is -0.381. The van der Waals surface area contributed by atoms with Crippen LogP contribution in [0.25, 0.3) is 16.6 Å². The van der Waals surface area contributed by atoms with Crippen LogP contribution in [0.4, 0.5) is 16.3 Å². The molecule has 5 heterocycles. The number of benzene rings is 1. The van der Waals surface area contributed by atoms with Crippen molar-refractivity contribution < 1.29 is 9.59 Å². The molecule has 3 N–H and O–H groups in total. The van der Waals surface area contributed by atoms with Gasteiger partial charge in [-0.25, -0.2) is 9.78 Å². The highest BCUT2D eigenvalue weighted by Crippen LogP contribution is 2.36. The summed E-state index contributed by atoms with van der Waals surface area (Å²) < 4.78 is 4.16. The van der Waals surface area contributed by atoms with Gasteiger partial charge in [0.15, 0.2) is 0 Å². The van der Waals surface area contributed by atoms with E-state index in [4.69, 9.17) is 15.8 Å². The Bertz CT molecular complexity index is 1560. The van der Waals surface area contributed by atoms with Crippen molar-refractivity contribution in [1.82, 2.24) is 29.4 Å². The van der Waals surface area contributed by atoms with Gasteiger partial charge in [-0.3, -0.25) is 24.1 Å². The van der Waals surface area contributed by atoms with Crippen LogP contribution in [0.5, 0.6) is 0 Å². The van der Waals surface area contributed by atoms with Crippen LogP contribution in [0.1, 0.15) is 62.5 Å². The molecule has 40 heavy (non-hydrogen) atoms. The highest BCUT2D eigenvalue weighted by atomic mass is 16.2. The Morgan fingerprint density at radius 1 is 1.00 bits per heavy atom. The molecule has 0 radical (unpaired) electrons. The van der Waals surface area contributed by atoms with E-state index in [1.807, 2.05) is 34.9 Å². The summed E-state index contributed by atoms with van der Waals surface area (Å²) in [4.78, 5) is 33.0. The average Bonchev–Trinajstić information content (AvgIpc) is 3.58. The lowest BCUT2D eigenvalue weighted by molar-refractivity contribution is -0.120. The largest absolute Gasteiger partial charge is 0.399 e. The number of carbonyl (C=O) groups is 2. The Hall–Kier alpha value is -3.92. The molecule has 1 aliphatic carbocycles. The Kier molecular flexibility index (Phi) is 6.42. The molecule has 3 aliphatic rings. The number of anilines is 2. The van der Waals surface area contributed by atoms with Gasteiger partial charge in [0.1, 0.15) is 11.5 Å². The molecule has 10 heteroatoms. The molecule has 0 spiro atoms. The van der Waals surface area contributed by atoms with Gasteiger partial charge in [-0.05, 0) is 93.3 Å². The molecule has 3 fully saturated rings. The Labute approximate surface area is 233 Å². The number of imide groups is 1. The number of nitrogens with one attached hydrogen (secondary N) is 1. The molecule has 0 bridgehead atoms. The number of rotatable bonds is 5. The van der Waals surface area contributed by atoms with Crippen LogP contribution in [0.3, 0.4) is 0 Å². The summed E-state index contributed by atoms with van der Waals surface area (Å²) in [5, 5.41) is 8.35. The van der Waals surface area contributed by atoms with Gasteiger partial charge in [0, 0.05) is 43.0 Å². The van der Waals surface area contributed by atoms with Crippen LogP contribution < -0.4 is 16.0 Å². The lowest BCUT2D eigenvalue weighted by Crippen LogP contribution is -2.50. The smallest absolute Gasteiger partial charge is 0.329 e. The van der Waals surface area contributed by atoms with E-state index in [2.05, 4.69) is 27.2 Å². The fraction of sp³-hybridized carbons (Fsp3) is 0.467. The molecule has 1 saturated carbocycles. The fourth-order valence-electron chi connectivity index (χ4n) is 6.95. The van der Waals surface area contributed by atoms with Crippen LogP contribution in [0.2, 0.25) is 0 Å². The molecule has 0 atom stereocenters. The normalized spacial score (nSPS) is 23.2. The van der Waals surface area contributed by atoms with E-state index in [0.717, 1.165) is 54.1 Å². The monoisotopic (exact) mass is 540 g/mol. The van der Waals surface area contributed by atoms with Crippen LogP contribution in [0.15, 0.2) is 48.9 Å². The number of nitrogen functional groups attached to an aromatic ring is 1. The van der Waals surface area contributed by atoms with Crippen molar-refractivity contribution >= 4 is 40.0 Å². The molecule has 7 rings (SSSR count). The first-order valence-electron chi connectivity index (χ1n) is 14.6. The second-order valence-corrected chi connectivity index (χ2v) is 11.7. The number of carbonyl (C=O) groups excluding carboxylic acids is 2. The molecular formula is C30H36N8O2. The molecule has 1 aromatic carbocycles. The zero-order chi connectivity index (χ0) is 27.2. The topological polar surface area (TPSA) is 114 Å². The minimum absolute atomic E-state index is 0.229. The SMILES string of the molecule is Nc1ccc2nn(C3CCC(CN4CCC(c5cccn6c(N7CCC(=O)NC7=O)cnc56)CC4)CC3)cc2c1. The summed E-state index contributed by atoms with van der Waals surface area (Å²) in [6.07, 6.45) is 13.2. The number of fused-ring (bicyclic) bond motifs is 2. The Morgan fingerprint density at radius 3 is 2.62 bits per heavy atom. The predicted molar refractivity (Wildman–Crippen MR) is 154 cm³/mol. The molecule has 2 aliphatic heterocycles. The number of likely N-dealkylation sites (tertiary alicyclic amines) is 1. The van der Waals surface area contributed by atoms with Gasteiger partial charge in [-0.15, -0.1) is 0 Å². The van der Waals surface area contributed by atoms with Gasteiger partial charge in [0.05, 0.1) is 17.8 Å². The quantitative estimate of drug-likeness (QED) is 0.365. The van der Waals surface area contributed by atoms with E-state index in [-0.39, 0.29) is 11.9 Å². The zero-order valence-corrected chi connectivity index (χ0v) is 22.7. The Balaban J connectivity index is 0.948. The van der Waals surface area contributed by atoms with E-state index in [1.54, 1.807) is 11.1 Å². The molecule has 3 amide bonds. The predicted octanol–water partition coefficient (Wildman–Crippen LogP) is 4.32. The number of nitrogens with two attached hydrogens (primary N) is 1. The highest BCUT2D eigenvalue weighted by Gasteiger charge is 2.30. The van der Waals surface area contributed by atoms with E-state index in [1.165, 1.54) is 37.8 Å². The fourth-order valence-corrected chi connectivity index (χ4v) is 6.95. The van der Waals surface area contributed by atoms with Crippen molar-refractivity contribution in [2.75, 3.05) is 36.8 Å². The van der Waals surface area contributed by atoms with Crippen molar-refractivity contribution in [2.24, 2.45) is 5.92 Å². The first kappa shape index (κ1) is 25.1. The number of hydrogen-bond donors (Lipinski definition) is 2. The third-order valence-corrected chi connectivity index (χ3v) is 9.16. The van der Waals surface area contributed by atoms with Gasteiger partial charge in [0.2, 0.25) is 5.91 Å². The summed E-state index contributed by atoms with van der Waals surface area (Å²) in [6, 6.07) is 10.3. The van der Waals surface area contributed by atoms with Crippen molar-refractivity contribution in [3.63, 3.8) is 0 Å². The lowest BCUT2D eigenvalue weighted by Gasteiger charge is -2.36. The van der Waals surface area contributed by atoms with Crippen molar-refractivity contribution in [2.45, 2.75) is 56.9 Å². The number of aromatic nitrogens is 4. The van der Waals surface area contributed by atoms with Gasteiger partial charge < -0.3 is 10.6 Å².